The van der Waals surface area contributed by atoms with Crippen molar-refractivity contribution in [2.24, 2.45) is 0 Å². The van der Waals surface area contributed by atoms with Gasteiger partial charge >= 0.3 is 0 Å². The van der Waals surface area contributed by atoms with Crippen LogP contribution in [-0.4, -0.2) is 36.5 Å². The van der Waals surface area contributed by atoms with Gasteiger partial charge in [0.2, 0.25) is 0 Å². The highest BCUT2D eigenvalue weighted by atomic mass is 35.5. The smallest absolute Gasteiger partial charge is 0.187 e. The minimum Gasteiger partial charge on any atom is -0.494 e. The zero-order chi connectivity index (χ0) is 21.7. The molecule has 0 radical (unpaired) electrons. The molecule has 0 aliphatic carbocycles. The van der Waals surface area contributed by atoms with Crippen LogP contribution in [-0.2, 0) is 20.8 Å². The molecule has 1 N–H and O–H groups in total. The van der Waals surface area contributed by atoms with E-state index in [1.54, 1.807) is 0 Å². The molecule has 0 bridgehead atoms. The Bertz CT molecular complexity index is 813. The highest BCUT2D eigenvalue weighted by molar-refractivity contribution is 7.17. The number of hydrogen-bond acceptors (Lipinski definition) is 5. The van der Waals surface area contributed by atoms with E-state index in [1.807, 2.05) is 63.2 Å². The Balaban J connectivity index is 0.000000212. The van der Waals surface area contributed by atoms with Crippen molar-refractivity contribution in [2.45, 2.75) is 57.6 Å². The minimum atomic E-state index is -0.435. The molecule has 4 rings (SSSR count). The van der Waals surface area contributed by atoms with E-state index in [0.29, 0.717) is 11.6 Å². The van der Waals surface area contributed by atoms with E-state index in [9.17, 15) is 5.11 Å². The lowest BCUT2D eigenvalue weighted by Gasteiger charge is -2.17. The Morgan fingerprint density at radius 1 is 1.20 bits per heavy atom. The summed E-state index contributed by atoms with van der Waals surface area (Å²) in [6.07, 6.45) is 1.04. The SMILES string of the molecule is CC1(C)OC2CCOC2O1.CCOc1ccc(C(P)c2cc(CO)ccc2Cl)cc1. The predicted molar refractivity (Wildman–Crippen MR) is 121 cm³/mol. The molecule has 4 atom stereocenters. The molecule has 2 fully saturated rings. The lowest BCUT2D eigenvalue weighted by molar-refractivity contribution is -0.192. The van der Waals surface area contributed by atoms with E-state index in [1.165, 1.54) is 0 Å². The van der Waals surface area contributed by atoms with E-state index in [4.69, 9.17) is 30.5 Å². The first-order valence-electron chi connectivity index (χ1n) is 10.2. The molecule has 2 aliphatic rings. The van der Waals surface area contributed by atoms with Crippen molar-refractivity contribution >= 4 is 20.8 Å². The number of fused-ring (bicyclic) bond motifs is 1. The first-order valence-corrected chi connectivity index (χ1v) is 11.2. The third kappa shape index (κ3) is 5.94. The molecule has 2 aliphatic heterocycles. The maximum absolute atomic E-state index is 9.23. The summed E-state index contributed by atoms with van der Waals surface area (Å²) >= 11 is 6.26. The fourth-order valence-corrected chi connectivity index (χ4v) is 4.33. The summed E-state index contributed by atoms with van der Waals surface area (Å²) in [7, 11) is 2.80. The quantitative estimate of drug-likeness (QED) is 0.641. The lowest BCUT2D eigenvalue weighted by atomic mass is 10.0. The number of halogens is 1. The minimum absolute atomic E-state index is 0.0187. The van der Waals surface area contributed by atoms with Crippen molar-refractivity contribution in [3.63, 3.8) is 0 Å². The van der Waals surface area contributed by atoms with Crippen LogP contribution < -0.4 is 4.74 Å². The average molecular weight is 453 g/mol. The first kappa shape index (κ1) is 23.5. The van der Waals surface area contributed by atoms with Gasteiger partial charge in [-0.15, -0.1) is 9.24 Å². The summed E-state index contributed by atoms with van der Waals surface area (Å²) in [5.74, 6) is 0.430. The molecule has 0 saturated carbocycles. The van der Waals surface area contributed by atoms with Gasteiger partial charge in [0.25, 0.3) is 0 Å². The van der Waals surface area contributed by atoms with Gasteiger partial charge < -0.3 is 24.1 Å². The van der Waals surface area contributed by atoms with Crippen LogP contribution in [0.1, 0.15) is 49.5 Å². The molecule has 2 aromatic rings. The predicted octanol–water partition coefficient (Wildman–Crippen LogP) is 5.08. The van der Waals surface area contributed by atoms with Crippen LogP contribution in [0.3, 0.4) is 0 Å². The van der Waals surface area contributed by atoms with Gasteiger partial charge in [0, 0.05) is 17.1 Å². The summed E-state index contributed by atoms with van der Waals surface area (Å²) < 4.78 is 21.7. The molecule has 0 spiro atoms. The van der Waals surface area contributed by atoms with E-state index in [2.05, 4.69) is 9.24 Å². The zero-order valence-electron chi connectivity index (χ0n) is 17.6. The summed E-state index contributed by atoms with van der Waals surface area (Å²) in [5, 5.41) is 9.94. The fourth-order valence-electron chi connectivity index (χ4n) is 3.49. The second-order valence-electron chi connectivity index (χ2n) is 7.70. The fraction of sp³-hybridized carbons (Fsp3) is 0.478. The third-order valence-corrected chi connectivity index (χ3v) is 6.04. The Morgan fingerprint density at radius 2 is 1.93 bits per heavy atom. The summed E-state index contributed by atoms with van der Waals surface area (Å²) in [5.41, 5.74) is 3.08. The molecule has 2 heterocycles. The van der Waals surface area contributed by atoms with Crippen molar-refractivity contribution in [2.75, 3.05) is 13.2 Å². The summed E-state index contributed by atoms with van der Waals surface area (Å²) in [6, 6.07) is 13.6. The Labute approximate surface area is 185 Å². The van der Waals surface area contributed by atoms with E-state index < -0.39 is 5.79 Å². The lowest BCUT2D eigenvalue weighted by Crippen LogP contribution is -2.22. The molecular formula is C23H30ClO5P. The number of aliphatic hydroxyl groups excluding tert-OH is 1. The molecule has 0 aromatic heterocycles. The van der Waals surface area contributed by atoms with Gasteiger partial charge in [-0.05, 0) is 55.7 Å². The van der Waals surface area contributed by atoms with Gasteiger partial charge in [-0.25, -0.2) is 0 Å². The van der Waals surface area contributed by atoms with E-state index in [-0.39, 0.29) is 24.7 Å². The first-order chi connectivity index (χ1) is 14.3. The maximum atomic E-state index is 9.23. The zero-order valence-corrected chi connectivity index (χ0v) is 19.5. The number of hydrogen-bond donors (Lipinski definition) is 1. The normalized spacial score (nSPS) is 22.7. The van der Waals surface area contributed by atoms with Gasteiger partial charge in [0.05, 0.1) is 19.8 Å². The Kier molecular flexibility index (Phi) is 8.14. The third-order valence-electron chi connectivity index (χ3n) is 4.95. The standard InChI is InChI=1S/C16H18ClO2P.C7H12O3/c1-2-19-13-6-4-12(5-7-13)16(20)14-9-11(10-18)3-8-15(14)17;1-7(2)9-5-3-4-8-6(5)10-7/h3-9,16,18H,2,10,20H2,1H3;5-6H,3-4H2,1-2H3. The van der Waals surface area contributed by atoms with Gasteiger partial charge in [0.1, 0.15) is 11.9 Å². The second kappa shape index (κ2) is 10.4. The van der Waals surface area contributed by atoms with Crippen molar-refractivity contribution in [1.29, 1.82) is 0 Å². The van der Waals surface area contributed by atoms with Crippen LogP contribution >= 0.6 is 20.8 Å². The highest BCUT2D eigenvalue weighted by Gasteiger charge is 2.44. The Hall–Kier alpha value is -1.20. The largest absolute Gasteiger partial charge is 0.494 e. The van der Waals surface area contributed by atoms with Gasteiger partial charge in [-0.1, -0.05) is 35.9 Å². The van der Waals surface area contributed by atoms with Crippen LogP contribution in [0.4, 0.5) is 0 Å². The molecule has 2 aromatic carbocycles. The number of ether oxygens (including phenoxy) is 4. The average Bonchev–Trinajstić information content (AvgIpc) is 3.26. The van der Waals surface area contributed by atoms with Crippen molar-refractivity contribution in [3.05, 3.63) is 64.2 Å². The van der Waals surface area contributed by atoms with Crippen LogP contribution in [0.15, 0.2) is 42.5 Å². The molecular weight excluding hydrogens is 423 g/mol. The van der Waals surface area contributed by atoms with Gasteiger partial charge in [0.15, 0.2) is 12.1 Å². The van der Waals surface area contributed by atoms with Crippen LogP contribution in [0.25, 0.3) is 0 Å². The number of aliphatic hydroxyl groups is 1. The molecule has 7 heteroatoms. The topological polar surface area (TPSA) is 57.2 Å². The number of benzene rings is 2. The Morgan fingerprint density at radius 3 is 2.57 bits per heavy atom. The molecule has 4 unspecified atom stereocenters. The van der Waals surface area contributed by atoms with E-state index in [0.717, 1.165) is 35.5 Å². The summed E-state index contributed by atoms with van der Waals surface area (Å²) in [4.78, 5) is 0. The summed E-state index contributed by atoms with van der Waals surface area (Å²) in [6.45, 7) is 7.24. The van der Waals surface area contributed by atoms with Crippen LogP contribution in [0.2, 0.25) is 5.02 Å². The highest BCUT2D eigenvalue weighted by Crippen LogP contribution is 2.36. The molecule has 164 valence electrons. The molecule has 5 nitrogen and oxygen atoms in total. The maximum Gasteiger partial charge on any atom is 0.187 e. The van der Waals surface area contributed by atoms with Crippen molar-refractivity contribution < 1.29 is 24.1 Å². The molecule has 30 heavy (non-hydrogen) atoms. The van der Waals surface area contributed by atoms with E-state index >= 15 is 0 Å². The second-order valence-corrected chi connectivity index (χ2v) is 8.77. The molecule has 0 amide bonds. The van der Waals surface area contributed by atoms with Crippen LogP contribution in [0.5, 0.6) is 5.75 Å². The number of rotatable bonds is 5. The van der Waals surface area contributed by atoms with Crippen molar-refractivity contribution in [3.8, 4) is 5.75 Å². The van der Waals surface area contributed by atoms with Gasteiger partial charge in [-0.2, -0.15) is 0 Å². The molecule has 2 saturated heterocycles. The van der Waals surface area contributed by atoms with Crippen molar-refractivity contribution in [1.82, 2.24) is 0 Å². The monoisotopic (exact) mass is 452 g/mol. The van der Waals surface area contributed by atoms with Crippen LogP contribution in [0, 0.1) is 0 Å². The van der Waals surface area contributed by atoms with Gasteiger partial charge in [-0.3, -0.25) is 0 Å².